The van der Waals surface area contributed by atoms with E-state index in [0.29, 0.717) is 31.5 Å². The molecule has 21 heavy (non-hydrogen) atoms. The Labute approximate surface area is 123 Å². The lowest BCUT2D eigenvalue weighted by molar-refractivity contribution is -0.113. The first-order chi connectivity index (χ1) is 9.93. The maximum Gasteiger partial charge on any atom is 0.239 e. The Balaban J connectivity index is 2.11. The first-order valence-electron chi connectivity index (χ1n) is 6.94. The van der Waals surface area contributed by atoms with Crippen LogP contribution in [-0.2, 0) is 27.6 Å². The number of hydrogen-bond donors (Lipinski definition) is 2. The number of benzene rings is 1. The molecule has 1 aliphatic heterocycles. The number of fused-ring (bicyclic) bond motifs is 1. The van der Waals surface area contributed by atoms with Crippen LogP contribution in [0.15, 0.2) is 12.1 Å². The van der Waals surface area contributed by atoms with Gasteiger partial charge in [0.2, 0.25) is 5.91 Å². The molecule has 2 rings (SSSR count). The summed E-state index contributed by atoms with van der Waals surface area (Å²) in [5.74, 6) is -1.82. The fraction of sp³-hybridized carbons (Fsp3) is 0.500. The number of sulfone groups is 1. The summed E-state index contributed by atoms with van der Waals surface area (Å²) in [7, 11) is -3.43. The normalized spacial score (nSPS) is 14.6. The van der Waals surface area contributed by atoms with Gasteiger partial charge in [-0.3, -0.25) is 4.79 Å². The first-order valence-corrected chi connectivity index (χ1v) is 8.76. The Morgan fingerprint density at radius 2 is 2.19 bits per heavy atom. The van der Waals surface area contributed by atoms with Crippen molar-refractivity contribution in [2.45, 2.75) is 26.3 Å². The number of rotatable bonds is 5. The third-order valence-corrected chi connectivity index (χ3v) is 5.08. The van der Waals surface area contributed by atoms with E-state index in [9.17, 15) is 17.6 Å². The predicted octanol–water partition coefficient (Wildman–Crippen LogP) is 1.23. The van der Waals surface area contributed by atoms with Gasteiger partial charge in [0.1, 0.15) is 11.6 Å². The van der Waals surface area contributed by atoms with Crippen LogP contribution in [0.5, 0.6) is 0 Å². The molecule has 0 saturated carbocycles. The lowest BCUT2D eigenvalue weighted by Crippen LogP contribution is -2.27. The molecule has 7 heteroatoms. The number of hydrogen-bond acceptors (Lipinski definition) is 4. The second kappa shape index (κ2) is 6.53. The second-order valence-corrected chi connectivity index (χ2v) is 7.32. The van der Waals surface area contributed by atoms with Crippen LogP contribution >= 0.6 is 0 Å². The van der Waals surface area contributed by atoms with Gasteiger partial charge in [-0.1, -0.05) is 13.0 Å². The molecule has 2 N–H and O–H groups in total. The minimum absolute atomic E-state index is 0.0429. The lowest BCUT2D eigenvalue weighted by atomic mass is 9.99. The number of anilines is 1. The van der Waals surface area contributed by atoms with Crippen molar-refractivity contribution in [2.75, 3.05) is 23.4 Å². The SMILES string of the molecule is CCCS(=O)(=O)CC(=O)Nc1ccc2c(c1F)CCNC2. The minimum Gasteiger partial charge on any atom is -0.323 e. The molecule has 1 heterocycles. The van der Waals surface area contributed by atoms with Crippen LogP contribution in [0.3, 0.4) is 0 Å². The van der Waals surface area contributed by atoms with Crippen LogP contribution < -0.4 is 10.6 Å². The van der Waals surface area contributed by atoms with Gasteiger partial charge in [0.15, 0.2) is 9.84 Å². The van der Waals surface area contributed by atoms with E-state index in [1.165, 1.54) is 6.07 Å². The quantitative estimate of drug-likeness (QED) is 0.857. The highest BCUT2D eigenvalue weighted by Crippen LogP contribution is 2.24. The molecule has 116 valence electrons. The van der Waals surface area contributed by atoms with Crippen molar-refractivity contribution in [3.8, 4) is 0 Å². The van der Waals surface area contributed by atoms with Gasteiger partial charge in [-0.15, -0.1) is 0 Å². The Morgan fingerprint density at radius 3 is 2.90 bits per heavy atom. The van der Waals surface area contributed by atoms with Gasteiger partial charge in [0, 0.05) is 6.54 Å². The van der Waals surface area contributed by atoms with Crippen LogP contribution in [0.2, 0.25) is 0 Å². The Bertz CT molecular complexity index is 644. The van der Waals surface area contributed by atoms with Gasteiger partial charge in [0.05, 0.1) is 11.4 Å². The molecule has 1 aromatic rings. The van der Waals surface area contributed by atoms with E-state index in [1.54, 1.807) is 13.0 Å². The van der Waals surface area contributed by atoms with Gasteiger partial charge in [-0.05, 0) is 36.6 Å². The summed E-state index contributed by atoms with van der Waals surface area (Å²) in [5, 5.41) is 5.50. The maximum absolute atomic E-state index is 14.3. The molecule has 0 saturated heterocycles. The van der Waals surface area contributed by atoms with Crippen molar-refractivity contribution >= 4 is 21.4 Å². The second-order valence-electron chi connectivity index (χ2n) is 5.13. The zero-order valence-electron chi connectivity index (χ0n) is 11.9. The Hall–Kier alpha value is -1.47. The van der Waals surface area contributed by atoms with Crippen molar-refractivity contribution in [2.24, 2.45) is 0 Å². The smallest absolute Gasteiger partial charge is 0.239 e. The summed E-state index contributed by atoms with van der Waals surface area (Å²) in [6, 6.07) is 3.23. The summed E-state index contributed by atoms with van der Waals surface area (Å²) < 4.78 is 37.5. The molecule has 0 aromatic heterocycles. The zero-order chi connectivity index (χ0) is 15.5. The number of halogens is 1. The van der Waals surface area contributed by atoms with Crippen LogP contribution in [0.4, 0.5) is 10.1 Å². The third kappa shape index (κ3) is 4.01. The molecule has 5 nitrogen and oxygen atoms in total. The largest absolute Gasteiger partial charge is 0.323 e. The van der Waals surface area contributed by atoms with Gasteiger partial charge < -0.3 is 10.6 Å². The van der Waals surface area contributed by atoms with E-state index in [0.717, 1.165) is 5.56 Å². The monoisotopic (exact) mass is 314 g/mol. The molecule has 1 amide bonds. The van der Waals surface area contributed by atoms with Gasteiger partial charge in [-0.25, -0.2) is 12.8 Å². The molecular formula is C14H19FN2O3S. The molecule has 0 aliphatic carbocycles. The zero-order valence-corrected chi connectivity index (χ0v) is 12.7. The van der Waals surface area contributed by atoms with E-state index in [1.807, 2.05) is 0 Å². The predicted molar refractivity (Wildman–Crippen MR) is 79.4 cm³/mol. The molecule has 0 atom stereocenters. The maximum atomic E-state index is 14.3. The first kappa shape index (κ1) is 15.9. The molecule has 1 aliphatic rings. The lowest BCUT2D eigenvalue weighted by Gasteiger charge is -2.19. The van der Waals surface area contributed by atoms with Crippen LogP contribution in [0.1, 0.15) is 24.5 Å². The van der Waals surface area contributed by atoms with Crippen LogP contribution in [0, 0.1) is 5.82 Å². The fourth-order valence-corrected chi connectivity index (χ4v) is 3.64. The van der Waals surface area contributed by atoms with Gasteiger partial charge in [0.25, 0.3) is 0 Å². The number of carbonyl (C=O) groups is 1. The molecule has 1 aromatic carbocycles. The summed E-state index contributed by atoms with van der Waals surface area (Å²) >= 11 is 0. The topological polar surface area (TPSA) is 75.3 Å². The van der Waals surface area contributed by atoms with Crippen molar-refractivity contribution < 1.29 is 17.6 Å². The highest BCUT2D eigenvalue weighted by atomic mass is 32.2. The average Bonchev–Trinajstić information content (AvgIpc) is 2.41. The van der Waals surface area contributed by atoms with Gasteiger partial charge >= 0.3 is 0 Å². The Kier molecular flexibility index (Phi) is 4.95. The van der Waals surface area contributed by atoms with Crippen molar-refractivity contribution in [3.63, 3.8) is 0 Å². The van der Waals surface area contributed by atoms with Crippen LogP contribution in [0.25, 0.3) is 0 Å². The highest BCUT2D eigenvalue weighted by Gasteiger charge is 2.20. The molecule has 0 spiro atoms. The van der Waals surface area contributed by atoms with Crippen molar-refractivity contribution in [3.05, 3.63) is 29.1 Å². The molecule has 0 unspecified atom stereocenters. The van der Waals surface area contributed by atoms with Crippen LogP contribution in [-0.4, -0.2) is 32.4 Å². The van der Waals surface area contributed by atoms with Gasteiger partial charge in [-0.2, -0.15) is 0 Å². The average molecular weight is 314 g/mol. The summed E-state index contributed by atoms with van der Waals surface area (Å²) in [4.78, 5) is 11.8. The number of carbonyl (C=O) groups excluding carboxylic acids is 1. The van der Waals surface area contributed by atoms with Crippen molar-refractivity contribution in [1.82, 2.24) is 5.32 Å². The van der Waals surface area contributed by atoms with E-state index >= 15 is 0 Å². The van der Waals surface area contributed by atoms with E-state index in [-0.39, 0.29) is 11.4 Å². The number of nitrogens with one attached hydrogen (secondary N) is 2. The molecule has 0 bridgehead atoms. The highest BCUT2D eigenvalue weighted by molar-refractivity contribution is 7.92. The van der Waals surface area contributed by atoms with E-state index < -0.39 is 27.3 Å². The molecule has 0 radical (unpaired) electrons. The van der Waals surface area contributed by atoms with E-state index in [4.69, 9.17) is 0 Å². The summed E-state index contributed by atoms with van der Waals surface area (Å²) in [6.07, 6.45) is 1.01. The molecular weight excluding hydrogens is 295 g/mol. The third-order valence-electron chi connectivity index (χ3n) is 3.35. The standard InChI is InChI=1S/C14H19FN2O3S/c1-2-7-21(19,20)9-13(18)17-12-4-3-10-8-16-6-5-11(10)14(12)15/h3-4,16H,2,5-9H2,1H3,(H,17,18). The molecule has 0 fully saturated rings. The number of amides is 1. The summed E-state index contributed by atoms with van der Waals surface area (Å²) in [6.45, 7) is 3.02. The van der Waals surface area contributed by atoms with Crippen molar-refractivity contribution in [1.29, 1.82) is 0 Å². The summed E-state index contributed by atoms with van der Waals surface area (Å²) in [5.41, 5.74) is 1.51. The Morgan fingerprint density at radius 1 is 1.43 bits per heavy atom. The van der Waals surface area contributed by atoms with E-state index in [2.05, 4.69) is 10.6 Å². The fourth-order valence-electron chi connectivity index (χ4n) is 2.40. The minimum atomic E-state index is -3.43.